The highest BCUT2D eigenvalue weighted by Gasteiger charge is 2.07. The van der Waals surface area contributed by atoms with E-state index >= 15 is 0 Å². The Balaban J connectivity index is 3.91. The fraction of sp³-hybridized carbons (Fsp3) is 0.714. The summed E-state index contributed by atoms with van der Waals surface area (Å²) >= 11 is 0. The summed E-state index contributed by atoms with van der Waals surface area (Å²) < 4.78 is 4.72. The van der Waals surface area contributed by atoms with E-state index in [2.05, 4.69) is 4.99 Å². The molecule has 0 atom stereocenters. The van der Waals surface area contributed by atoms with E-state index < -0.39 is 0 Å². The molecule has 0 aromatic carbocycles. The normalized spacial score (nSPS) is 11.3. The van der Waals surface area contributed by atoms with Gasteiger partial charge in [0.1, 0.15) is 5.71 Å². The molecule has 0 aromatic rings. The number of rotatable bonds is 3. The molecule has 0 rings (SSSR count). The van der Waals surface area contributed by atoms with Gasteiger partial charge in [-0.2, -0.15) is 0 Å². The maximum absolute atomic E-state index is 10.9. The molecular weight excluding hydrogens is 130 g/mol. The Bertz CT molecular complexity index is 141. The summed E-state index contributed by atoms with van der Waals surface area (Å²) in [5.41, 5.74) is 0.502. The first-order valence-corrected chi connectivity index (χ1v) is 3.39. The van der Waals surface area contributed by atoms with Crippen molar-refractivity contribution >= 4 is 11.7 Å². The first-order chi connectivity index (χ1) is 4.76. The third kappa shape index (κ3) is 2.62. The van der Waals surface area contributed by atoms with Crippen molar-refractivity contribution in [3.63, 3.8) is 0 Å². The zero-order chi connectivity index (χ0) is 7.98. The lowest BCUT2D eigenvalue weighted by Gasteiger charge is -2.00. The van der Waals surface area contributed by atoms with Gasteiger partial charge in [0, 0.05) is 7.05 Å². The number of nitrogens with zero attached hydrogens (tertiary/aromatic N) is 1. The average Bonchev–Trinajstić information content (AvgIpc) is 1.91. The zero-order valence-electron chi connectivity index (χ0n) is 6.68. The summed E-state index contributed by atoms with van der Waals surface area (Å²) in [7, 11) is 1.59. The molecule has 0 amide bonds. The topological polar surface area (TPSA) is 38.7 Å². The van der Waals surface area contributed by atoms with Crippen molar-refractivity contribution in [1.29, 1.82) is 0 Å². The highest BCUT2D eigenvalue weighted by molar-refractivity contribution is 6.36. The Hall–Kier alpha value is -0.860. The standard InChI is InChI=1S/C7H13NO2/c1-4-6(8-3)7(9)10-5-2/h4-5H2,1-3H3. The Morgan fingerprint density at radius 1 is 1.50 bits per heavy atom. The first kappa shape index (κ1) is 9.14. The average molecular weight is 143 g/mol. The molecule has 0 saturated carbocycles. The van der Waals surface area contributed by atoms with Crippen molar-refractivity contribution in [2.75, 3.05) is 13.7 Å². The van der Waals surface area contributed by atoms with E-state index in [1.165, 1.54) is 0 Å². The molecule has 0 bridgehead atoms. The monoisotopic (exact) mass is 143 g/mol. The zero-order valence-corrected chi connectivity index (χ0v) is 6.68. The van der Waals surface area contributed by atoms with Gasteiger partial charge in [-0.1, -0.05) is 6.92 Å². The van der Waals surface area contributed by atoms with E-state index in [9.17, 15) is 4.79 Å². The van der Waals surface area contributed by atoms with Crippen molar-refractivity contribution in [3.8, 4) is 0 Å². The van der Waals surface area contributed by atoms with Gasteiger partial charge < -0.3 is 4.74 Å². The van der Waals surface area contributed by atoms with E-state index in [1.54, 1.807) is 14.0 Å². The molecule has 0 fully saturated rings. The number of hydrogen-bond acceptors (Lipinski definition) is 3. The van der Waals surface area contributed by atoms with E-state index in [0.717, 1.165) is 0 Å². The molecule has 0 unspecified atom stereocenters. The number of carbonyl (C=O) groups is 1. The Kier molecular flexibility index (Phi) is 4.54. The predicted octanol–water partition coefficient (Wildman–Crippen LogP) is 1.03. The van der Waals surface area contributed by atoms with Crippen LogP contribution in [-0.2, 0) is 9.53 Å². The van der Waals surface area contributed by atoms with Gasteiger partial charge in [-0.3, -0.25) is 4.99 Å². The number of hydrogen-bond donors (Lipinski definition) is 0. The third-order valence-electron chi connectivity index (χ3n) is 1.12. The molecule has 0 aliphatic carbocycles. The van der Waals surface area contributed by atoms with Crippen molar-refractivity contribution < 1.29 is 9.53 Å². The molecule has 0 N–H and O–H groups in total. The van der Waals surface area contributed by atoms with Gasteiger partial charge in [-0.15, -0.1) is 0 Å². The molecular formula is C7H13NO2. The van der Waals surface area contributed by atoms with E-state index in [-0.39, 0.29) is 5.97 Å². The molecule has 58 valence electrons. The van der Waals surface area contributed by atoms with Crippen molar-refractivity contribution in [3.05, 3.63) is 0 Å². The number of aliphatic imine (C=N–C) groups is 1. The summed E-state index contributed by atoms with van der Waals surface area (Å²) in [6.45, 7) is 4.07. The predicted molar refractivity (Wildman–Crippen MR) is 40.3 cm³/mol. The lowest BCUT2D eigenvalue weighted by molar-refractivity contribution is -0.135. The Morgan fingerprint density at radius 3 is 2.40 bits per heavy atom. The summed E-state index contributed by atoms with van der Waals surface area (Å²) in [6.07, 6.45) is 0.634. The lowest BCUT2D eigenvalue weighted by Crippen LogP contribution is -2.16. The van der Waals surface area contributed by atoms with Crippen LogP contribution in [0.15, 0.2) is 4.99 Å². The second-order valence-corrected chi connectivity index (χ2v) is 1.74. The van der Waals surface area contributed by atoms with Crippen LogP contribution >= 0.6 is 0 Å². The molecule has 3 nitrogen and oxygen atoms in total. The molecule has 0 saturated heterocycles. The fourth-order valence-corrected chi connectivity index (χ4v) is 0.608. The number of esters is 1. The highest BCUT2D eigenvalue weighted by atomic mass is 16.5. The Labute approximate surface area is 61.1 Å². The summed E-state index contributed by atoms with van der Waals surface area (Å²) in [5, 5.41) is 0. The van der Waals surface area contributed by atoms with Gasteiger partial charge in [0.05, 0.1) is 6.61 Å². The van der Waals surface area contributed by atoms with Gasteiger partial charge in [0.2, 0.25) is 0 Å². The Morgan fingerprint density at radius 2 is 2.10 bits per heavy atom. The van der Waals surface area contributed by atoms with Crippen LogP contribution in [0.25, 0.3) is 0 Å². The molecule has 0 aliphatic rings. The molecule has 0 radical (unpaired) electrons. The SMILES string of the molecule is CCOC(=O)C(CC)=NC. The van der Waals surface area contributed by atoms with Crippen molar-refractivity contribution in [1.82, 2.24) is 0 Å². The smallest absolute Gasteiger partial charge is 0.352 e. The van der Waals surface area contributed by atoms with Crippen LogP contribution < -0.4 is 0 Å². The molecule has 0 aliphatic heterocycles. The maximum atomic E-state index is 10.9. The van der Waals surface area contributed by atoms with E-state index in [1.807, 2.05) is 6.92 Å². The van der Waals surface area contributed by atoms with Crippen LogP contribution in [0.3, 0.4) is 0 Å². The molecule has 0 heterocycles. The van der Waals surface area contributed by atoms with E-state index in [0.29, 0.717) is 18.7 Å². The minimum Gasteiger partial charge on any atom is -0.462 e. The summed E-state index contributed by atoms with van der Waals surface area (Å²) in [6, 6.07) is 0. The van der Waals surface area contributed by atoms with Crippen LogP contribution in [0.4, 0.5) is 0 Å². The van der Waals surface area contributed by atoms with Crippen molar-refractivity contribution in [2.45, 2.75) is 20.3 Å². The van der Waals surface area contributed by atoms with E-state index in [4.69, 9.17) is 4.74 Å². The highest BCUT2D eigenvalue weighted by Crippen LogP contribution is 1.88. The van der Waals surface area contributed by atoms with Gasteiger partial charge in [-0.25, -0.2) is 4.79 Å². The van der Waals surface area contributed by atoms with Crippen LogP contribution in [0.1, 0.15) is 20.3 Å². The number of ether oxygens (including phenoxy) is 1. The first-order valence-electron chi connectivity index (χ1n) is 3.39. The minimum absolute atomic E-state index is 0.299. The summed E-state index contributed by atoms with van der Waals surface area (Å²) in [4.78, 5) is 14.6. The van der Waals surface area contributed by atoms with Gasteiger partial charge in [0.15, 0.2) is 0 Å². The third-order valence-corrected chi connectivity index (χ3v) is 1.12. The molecule has 0 spiro atoms. The van der Waals surface area contributed by atoms with Crippen LogP contribution in [0.2, 0.25) is 0 Å². The van der Waals surface area contributed by atoms with Crippen molar-refractivity contribution in [2.24, 2.45) is 4.99 Å². The van der Waals surface area contributed by atoms with Gasteiger partial charge in [-0.05, 0) is 13.3 Å². The minimum atomic E-state index is -0.299. The van der Waals surface area contributed by atoms with Gasteiger partial charge >= 0.3 is 5.97 Å². The van der Waals surface area contributed by atoms with Crippen LogP contribution in [0, 0.1) is 0 Å². The van der Waals surface area contributed by atoms with Crippen LogP contribution in [0.5, 0.6) is 0 Å². The largest absolute Gasteiger partial charge is 0.462 e. The quantitative estimate of drug-likeness (QED) is 0.437. The molecule has 10 heavy (non-hydrogen) atoms. The summed E-state index contributed by atoms with van der Waals surface area (Å²) in [5.74, 6) is -0.299. The number of carbonyl (C=O) groups excluding carboxylic acids is 1. The van der Waals surface area contributed by atoms with Gasteiger partial charge in [0.25, 0.3) is 0 Å². The fourth-order valence-electron chi connectivity index (χ4n) is 0.608. The van der Waals surface area contributed by atoms with Crippen LogP contribution in [-0.4, -0.2) is 25.3 Å². The second kappa shape index (κ2) is 4.97. The lowest BCUT2D eigenvalue weighted by atomic mass is 10.3. The molecule has 3 heteroatoms. The maximum Gasteiger partial charge on any atom is 0.352 e. The molecule has 0 aromatic heterocycles. The second-order valence-electron chi connectivity index (χ2n) is 1.74.